The second-order valence-corrected chi connectivity index (χ2v) is 6.41. The summed E-state index contributed by atoms with van der Waals surface area (Å²) in [6.45, 7) is 9.76. The van der Waals surface area contributed by atoms with Crippen molar-refractivity contribution >= 4 is 5.69 Å². The zero-order valence-corrected chi connectivity index (χ0v) is 13.2. The Kier molecular flexibility index (Phi) is 5.86. The number of hydrogen-bond donors (Lipinski definition) is 1. The summed E-state index contributed by atoms with van der Waals surface area (Å²) in [5.74, 6) is 0.650. The van der Waals surface area contributed by atoms with Gasteiger partial charge in [0.15, 0.2) is 0 Å². The highest BCUT2D eigenvalue weighted by Crippen LogP contribution is 2.22. The molecule has 0 aliphatic rings. The van der Waals surface area contributed by atoms with Crippen LogP contribution in [0.2, 0.25) is 0 Å². The molecule has 1 unspecified atom stereocenters. The van der Waals surface area contributed by atoms with Crippen LogP contribution in [0.15, 0.2) is 24.3 Å². The average Bonchev–Trinajstić information content (AvgIpc) is 2.36. The third-order valence-electron chi connectivity index (χ3n) is 3.83. The van der Waals surface area contributed by atoms with E-state index in [1.54, 1.807) is 0 Å². The molecular formula is C17H30N2. The number of nitrogens with zero attached hydrogens (tertiary/aromatic N) is 1. The van der Waals surface area contributed by atoms with Crippen molar-refractivity contribution in [3.05, 3.63) is 29.8 Å². The van der Waals surface area contributed by atoms with Crippen molar-refractivity contribution < 1.29 is 0 Å². The first-order valence-corrected chi connectivity index (χ1v) is 7.43. The number of nitrogens with two attached hydrogens (primary N) is 1. The molecule has 0 fully saturated rings. The Bertz CT molecular complexity index is 362. The molecule has 1 aromatic rings. The molecule has 0 aliphatic carbocycles. The van der Waals surface area contributed by atoms with E-state index >= 15 is 0 Å². The van der Waals surface area contributed by atoms with Crippen molar-refractivity contribution in [1.82, 2.24) is 0 Å². The quantitative estimate of drug-likeness (QED) is 0.799. The van der Waals surface area contributed by atoms with Crippen molar-refractivity contribution in [1.29, 1.82) is 0 Å². The van der Waals surface area contributed by atoms with Crippen molar-refractivity contribution in [2.45, 2.75) is 58.4 Å². The zero-order chi connectivity index (χ0) is 14.5. The molecule has 1 atom stereocenters. The molecule has 0 spiro atoms. The molecule has 0 radical (unpaired) electrons. The minimum atomic E-state index is -0.0543. The van der Waals surface area contributed by atoms with Crippen LogP contribution < -0.4 is 10.6 Å². The van der Waals surface area contributed by atoms with Crippen LogP contribution in [0.1, 0.15) is 58.4 Å². The average molecular weight is 262 g/mol. The molecular weight excluding hydrogens is 232 g/mol. The highest BCUT2D eigenvalue weighted by Gasteiger charge is 2.11. The van der Waals surface area contributed by atoms with E-state index in [2.05, 4.69) is 63.9 Å². The largest absolute Gasteiger partial charge is 0.375 e. The maximum Gasteiger partial charge on any atom is 0.0363 e. The molecule has 0 saturated carbocycles. The highest BCUT2D eigenvalue weighted by atomic mass is 15.1. The molecule has 19 heavy (non-hydrogen) atoms. The summed E-state index contributed by atoms with van der Waals surface area (Å²) in [5, 5.41) is 0. The molecule has 1 rings (SSSR count). The van der Waals surface area contributed by atoms with Crippen molar-refractivity contribution in [3.8, 4) is 0 Å². The van der Waals surface area contributed by atoms with Crippen LogP contribution in [0.4, 0.5) is 5.69 Å². The third kappa shape index (κ3) is 5.65. The second-order valence-electron chi connectivity index (χ2n) is 6.41. The van der Waals surface area contributed by atoms with E-state index in [4.69, 9.17) is 5.73 Å². The van der Waals surface area contributed by atoms with Crippen LogP contribution in [0, 0.1) is 0 Å². The molecule has 0 aromatic heterocycles. The minimum Gasteiger partial charge on any atom is -0.375 e. The Morgan fingerprint density at radius 3 is 2.26 bits per heavy atom. The van der Waals surface area contributed by atoms with E-state index in [9.17, 15) is 0 Å². The molecule has 0 saturated heterocycles. The van der Waals surface area contributed by atoms with Crippen LogP contribution in [0.3, 0.4) is 0 Å². The first kappa shape index (κ1) is 16.0. The molecule has 2 heteroatoms. The lowest BCUT2D eigenvalue weighted by Crippen LogP contribution is -2.33. The fourth-order valence-corrected chi connectivity index (χ4v) is 2.19. The molecule has 0 amide bonds. The molecule has 0 heterocycles. The van der Waals surface area contributed by atoms with Gasteiger partial charge in [0.05, 0.1) is 0 Å². The standard InChI is InChI=1S/C17H30N2/c1-6-14(2)15-8-10-16(11-9-15)19(5)13-7-12-17(3,4)18/h8-11,14H,6-7,12-13,18H2,1-5H3. The van der Waals surface area contributed by atoms with Crippen molar-refractivity contribution in [3.63, 3.8) is 0 Å². The lowest BCUT2D eigenvalue weighted by atomic mass is 9.98. The Balaban J connectivity index is 2.51. The number of rotatable bonds is 7. The second kappa shape index (κ2) is 6.95. The van der Waals surface area contributed by atoms with Crippen LogP contribution in [-0.2, 0) is 0 Å². The zero-order valence-electron chi connectivity index (χ0n) is 13.2. The fourth-order valence-electron chi connectivity index (χ4n) is 2.19. The smallest absolute Gasteiger partial charge is 0.0363 e. The topological polar surface area (TPSA) is 29.3 Å². The van der Waals surface area contributed by atoms with E-state index < -0.39 is 0 Å². The summed E-state index contributed by atoms with van der Waals surface area (Å²) >= 11 is 0. The van der Waals surface area contributed by atoms with Gasteiger partial charge in [0.1, 0.15) is 0 Å². The van der Waals surface area contributed by atoms with Crippen molar-refractivity contribution in [2.75, 3.05) is 18.5 Å². The van der Waals surface area contributed by atoms with Crippen LogP contribution in [-0.4, -0.2) is 19.1 Å². The lowest BCUT2D eigenvalue weighted by Gasteiger charge is -2.23. The first-order valence-electron chi connectivity index (χ1n) is 7.43. The number of hydrogen-bond acceptors (Lipinski definition) is 2. The molecule has 0 aliphatic heterocycles. The van der Waals surface area contributed by atoms with Gasteiger partial charge in [-0.1, -0.05) is 26.0 Å². The van der Waals surface area contributed by atoms with E-state index in [-0.39, 0.29) is 5.54 Å². The van der Waals surface area contributed by atoms with Gasteiger partial charge in [-0.3, -0.25) is 0 Å². The number of benzene rings is 1. The molecule has 108 valence electrons. The maximum absolute atomic E-state index is 6.01. The normalized spacial score (nSPS) is 13.4. The van der Waals surface area contributed by atoms with Gasteiger partial charge >= 0.3 is 0 Å². The van der Waals surface area contributed by atoms with Crippen LogP contribution >= 0.6 is 0 Å². The lowest BCUT2D eigenvalue weighted by molar-refractivity contribution is 0.460. The van der Waals surface area contributed by atoms with Gasteiger partial charge in [-0.15, -0.1) is 0 Å². The summed E-state index contributed by atoms with van der Waals surface area (Å²) in [6.07, 6.45) is 3.39. The Hall–Kier alpha value is -1.02. The van der Waals surface area contributed by atoms with Crippen LogP contribution in [0.25, 0.3) is 0 Å². The van der Waals surface area contributed by atoms with Gasteiger partial charge in [0.2, 0.25) is 0 Å². The van der Waals surface area contributed by atoms with Gasteiger partial charge in [0.25, 0.3) is 0 Å². The maximum atomic E-state index is 6.01. The molecule has 1 aromatic carbocycles. The number of anilines is 1. The van der Waals surface area contributed by atoms with E-state index in [1.807, 2.05) is 0 Å². The summed E-state index contributed by atoms with van der Waals surface area (Å²) < 4.78 is 0. The summed E-state index contributed by atoms with van der Waals surface area (Å²) in [7, 11) is 2.15. The fraction of sp³-hybridized carbons (Fsp3) is 0.647. The minimum absolute atomic E-state index is 0.0543. The first-order chi connectivity index (χ1) is 8.83. The van der Waals surface area contributed by atoms with Gasteiger partial charge in [-0.2, -0.15) is 0 Å². The van der Waals surface area contributed by atoms with Crippen LogP contribution in [0.5, 0.6) is 0 Å². The van der Waals surface area contributed by atoms with E-state index in [0.29, 0.717) is 5.92 Å². The summed E-state index contributed by atoms with van der Waals surface area (Å²) in [4.78, 5) is 2.31. The SMILES string of the molecule is CCC(C)c1ccc(N(C)CCCC(C)(C)N)cc1. The molecule has 2 N–H and O–H groups in total. The van der Waals surface area contributed by atoms with Gasteiger partial charge < -0.3 is 10.6 Å². The van der Waals surface area contributed by atoms with E-state index in [1.165, 1.54) is 17.7 Å². The highest BCUT2D eigenvalue weighted by molar-refractivity contribution is 5.47. The molecule has 0 bridgehead atoms. The van der Waals surface area contributed by atoms with Gasteiger partial charge in [-0.25, -0.2) is 0 Å². The monoisotopic (exact) mass is 262 g/mol. The predicted octanol–water partition coefficient (Wildman–Crippen LogP) is 4.15. The van der Waals surface area contributed by atoms with Crippen molar-refractivity contribution in [2.24, 2.45) is 5.73 Å². The Labute approximate surface area is 119 Å². The Morgan fingerprint density at radius 1 is 1.21 bits per heavy atom. The molecule has 2 nitrogen and oxygen atoms in total. The Morgan fingerprint density at radius 2 is 1.79 bits per heavy atom. The third-order valence-corrected chi connectivity index (χ3v) is 3.83. The van der Waals surface area contributed by atoms with Gasteiger partial charge in [-0.05, 0) is 56.7 Å². The summed E-state index contributed by atoms with van der Waals surface area (Å²) in [5.41, 5.74) is 8.68. The van der Waals surface area contributed by atoms with E-state index in [0.717, 1.165) is 19.4 Å². The van der Waals surface area contributed by atoms with Gasteiger partial charge in [0, 0.05) is 24.8 Å². The summed E-state index contributed by atoms with van der Waals surface area (Å²) in [6, 6.07) is 8.98. The predicted molar refractivity (Wildman–Crippen MR) is 85.9 cm³/mol.